The van der Waals surface area contributed by atoms with Crippen molar-refractivity contribution in [2.24, 2.45) is 0 Å². The van der Waals surface area contributed by atoms with Crippen molar-refractivity contribution in [3.8, 4) is 0 Å². The Kier molecular flexibility index (Phi) is 3.38. The van der Waals surface area contributed by atoms with Gasteiger partial charge in [-0.1, -0.05) is 66.7 Å². The molecule has 0 bridgehead atoms. The van der Waals surface area contributed by atoms with Crippen molar-refractivity contribution in [3.05, 3.63) is 77.9 Å². The average molecular weight is 263 g/mol. The minimum absolute atomic E-state index is 0.0959. The van der Waals surface area contributed by atoms with Crippen LogP contribution < -0.4 is 0 Å². The molecule has 0 radical (unpaired) electrons. The zero-order valence-corrected chi connectivity index (χ0v) is 11.5. The van der Waals surface area contributed by atoms with Crippen LogP contribution in [0.1, 0.15) is 24.0 Å². The Bertz CT molecular complexity index is 631. The van der Waals surface area contributed by atoms with Gasteiger partial charge in [0.25, 0.3) is 0 Å². The smallest absolute Gasteiger partial charge is 0.223 e. The van der Waals surface area contributed by atoms with Crippen molar-refractivity contribution in [2.45, 2.75) is 12.8 Å². The van der Waals surface area contributed by atoms with Gasteiger partial charge in [0.15, 0.2) is 0 Å². The summed E-state index contributed by atoms with van der Waals surface area (Å²) in [5.41, 5.74) is 3.37. The molecule has 2 heteroatoms. The molecule has 0 saturated carbocycles. The van der Waals surface area contributed by atoms with Crippen LogP contribution in [-0.4, -0.2) is 17.4 Å². The van der Waals surface area contributed by atoms with Crippen LogP contribution in [0.4, 0.5) is 0 Å². The first-order valence-corrected chi connectivity index (χ1v) is 6.86. The number of carbonyl (C=O) groups excluding carboxylic acids is 1. The second kappa shape index (κ2) is 5.33. The molecule has 0 N–H and O–H groups in total. The number of rotatable bonds is 2. The van der Waals surface area contributed by atoms with Crippen LogP contribution in [0.15, 0.2) is 66.7 Å². The van der Waals surface area contributed by atoms with Crippen LogP contribution in [0, 0.1) is 0 Å². The maximum Gasteiger partial charge on any atom is 0.223 e. The second-order valence-electron chi connectivity index (χ2n) is 5.06. The molecule has 0 spiro atoms. The average Bonchev–Trinajstić information content (AvgIpc) is 2.94. The Labute approximate surface area is 119 Å². The Morgan fingerprint density at radius 1 is 1.00 bits per heavy atom. The summed E-state index contributed by atoms with van der Waals surface area (Å²) < 4.78 is 0. The number of carbonyl (C=O) groups is 1. The van der Waals surface area contributed by atoms with E-state index in [9.17, 15) is 4.79 Å². The van der Waals surface area contributed by atoms with E-state index in [-0.39, 0.29) is 11.8 Å². The normalized spacial score (nSPS) is 17.9. The van der Waals surface area contributed by atoms with Crippen molar-refractivity contribution in [2.75, 3.05) is 6.54 Å². The first-order valence-electron chi connectivity index (χ1n) is 6.86. The summed E-state index contributed by atoms with van der Waals surface area (Å²) in [4.78, 5) is 13.8. The molecule has 1 aliphatic rings. The molecule has 0 saturated heterocycles. The topological polar surface area (TPSA) is 20.3 Å². The lowest BCUT2D eigenvalue weighted by molar-refractivity contribution is -0.125. The third kappa shape index (κ3) is 2.37. The van der Waals surface area contributed by atoms with E-state index in [4.69, 9.17) is 0 Å². The van der Waals surface area contributed by atoms with Crippen molar-refractivity contribution >= 4 is 11.6 Å². The molecular weight excluding hydrogens is 246 g/mol. The summed E-state index contributed by atoms with van der Waals surface area (Å²) in [7, 11) is 0. The Morgan fingerprint density at radius 3 is 2.20 bits per heavy atom. The quantitative estimate of drug-likeness (QED) is 0.809. The van der Waals surface area contributed by atoms with Gasteiger partial charge in [-0.3, -0.25) is 4.79 Å². The summed E-state index contributed by atoms with van der Waals surface area (Å²) in [6, 6.07) is 20.4. The van der Waals surface area contributed by atoms with E-state index in [1.165, 1.54) is 5.56 Å². The van der Waals surface area contributed by atoms with Crippen molar-refractivity contribution in [1.82, 2.24) is 4.90 Å². The monoisotopic (exact) mass is 263 g/mol. The lowest BCUT2D eigenvalue weighted by Crippen LogP contribution is -2.25. The van der Waals surface area contributed by atoms with Crippen LogP contribution >= 0.6 is 0 Å². The SMILES string of the molecule is CC(=O)N1C[C@@H](c2ccccc2)C=C1c1ccccc1. The van der Waals surface area contributed by atoms with E-state index in [1.807, 2.05) is 41.3 Å². The van der Waals surface area contributed by atoms with E-state index in [1.54, 1.807) is 6.92 Å². The Morgan fingerprint density at radius 2 is 1.60 bits per heavy atom. The predicted molar refractivity (Wildman–Crippen MR) is 81.0 cm³/mol. The predicted octanol–water partition coefficient (Wildman–Crippen LogP) is 3.67. The molecule has 1 atom stereocenters. The van der Waals surface area contributed by atoms with Gasteiger partial charge in [-0.25, -0.2) is 0 Å². The summed E-state index contributed by atoms with van der Waals surface area (Å²) >= 11 is 0. The largest absolute Gasteiger partial charge is 0.311 e. The van der Waals surface area contributed by atoms with E-state index >= 15 is 0 Å². The third-order valence-corrected chi connectivity index (χ3v) is 3.71. The highest BCUT2D eigenvalue weighted by molar-refractivity contribution is 5.87. The number of hydrogen-bond acceptors (Lipinski definition) is 1. The highest BCUT2D eigenvalue weighted by Gasteiger charge is 2.27. The lowest BCUT2D eigenvalue weighted by Gasteiger charge is -2.19. The van der Waals surface area contributed by atoms with Gasteiger partial charge >= 0.3 is 0 Å². The Hall–Kier alpha value is -2.35. The zero-order valence-electron chi connectivity index (χ0n) is 11.5. The highest BCUT2D eigenvalue weighted by Crippen LogP contribution is 2.34. The molecule has 0 aromatic heterocycles. The van der Waals surface area contributed by atoms with Gasteiger partial charge in [-0.15, -0.1) is 0 Å². The molecule has 0 aliphatic carbocycles. The molecule has 0 fully saturated rings. The first kappa shape index (κ1) is 12.7. The number of amides is 1. The number of benzene rings is 2. The lowest BCUT2D eigenvalue weighted by atomic mass is 10.00. The van der Waals surface area contributed by atoms with E-state index < -0.39 is 0 Å². The molecule has 20 heavy (non-hydrogen) atoms. The Balaban J connectivity index is 1.98. The molecular formula is C18H17NO. The van der Waals surface area contributed by atoms with E-state index in [2.05, 4.69) is 30.3 Å². The fourth-order valence-electron chi connectivity index (χ4n) is 2.69. The van der Waals surface area contributed by atoms with Gasteiger partial charge in [0.2, 0.25) is 5.91 Å². The summed E-state index contributed by atoms with van der Waals surface area (Å²) in [5, 5.41) is 0. The van der Waals surface area contributed by atoms with Crippen molar-refractivity contribution in [3.63, 3.8) is 0 Å². The standard InChI is InChI=1S/C18H17NO/c1-14(20)19-13-17(15-8-4-2-5-9-15)12-18(19)16-10-6-3-7-11-16/h2-12,17H,13H2,1H3/t17-/m0/s1. The maximum atomic E-state index is 11.9. The molecule has 100 valence electrons. The van der Waals surface area contributed by atoms with E-state index in [0.717, 1.165) is 17.8 Å². The van der Waals surface area contributed by atoms with Gasteiger partial charge in [-0.05, 0) is 11.1 Å². The minimum Gasteiger partial charge on any atom is -0.311 e. The second-order valence-corrected chi connectivity index (χ2v) is 5.06. The van der Waals surface area contributed by atoms with Crippen LogP contribution in [-0.2, 0) is 4.79 Å². The van der Waals surface area contributed by atoms with Gasteiger partial charge in [0.1, 0.15) is 0 Å². The molecule has 2 nitrogen and oxygen atoms in total. The third-order valence-electron chi connectivity index (χ3n) is 3.71. The van der Waals surface area contributed by atoms with Gasteiger partial charge in [0.05, 0.1) is 0 Å². The fraction of sp³-hybridized carbons (Fsp3) is 0.167. The summed E-state index contributed by atoms with van der Waals surface area (Å²) in [6.45, 7) is 2.35. The van der Waals surface area contributed by atoms with Crippen LogP contribution in [0.2, 0.25) is 0 Å². The molecule has 0 unspecified atom stereocenters. The maximum absolute atomic E-state index is 11.9. The number of hydrogen-bond donors (Lipinski definition) is 0. The summed E-state index contributed by atoms with van der Waals surface area (Å²) in [6.07, 6.45) is 2.20. The van der Waals surface area contributed by atoms with Crippen LogP contribution in [0.25, 0.3) is 5.70 Å². The van der Waals surface area contributed by atoms with Crippen LogP contribution in [0.5, 0.6) is 0 Å². The summed E-state index contributed by atoms with van der Waals surface area (Å²) in [5.74, 6) is 0.369. The van der Waals surface area contributed by atoms with Crippen molar-refractivity contribution in [1.29, 1.82) is 0 Å². The van der Waals surface area contributed by atoms with E-state index in [0.29, 0.717) is 0 Å². The van der Waals surface area contributed by atoms with Gasteiger partial charge in [-0.2, -0.15) is 0 Å². The molecule has 2 aromatic rings. The number of nitrogens with zero attached hydrogens (tertiary/aromatic N) is 1. The van der Waals surface area contributed by atoms with Gasteiger partial charge in [0, 0.05) is 25.1 Å². The highest BCUT2D eigenvalue weighted by atomic mass is 16.2. The van der Waals surface area contributed by atoms with Crippen molar-refractivity contribution < 1.29 is 4.79 Å². The molecule has 1 amide bonds. The zero-order chi connectivity index (χ0) is 13.9. The molecule has 2 aromatic carbocycles. The first-order chi connectivity index (χ1) is 9.75. The molecule has 3 rings (SSSR count). The van der Waals surface area contributed by atoms with Gasteiger partial charge < -0.3 is 4.90 Å². The minimum atomic E-state index is 0.0959. The fourth-order valence-corrected chi connectivity index (χ4v) is 2.69. The van der Waals surface area contributed by atoms with Crippen LogP contribution in [0.3, 0.4) is 0 Å². The molecule has 1 heterocycles. The molecule has 1 aliphatic heterocycles.